The molecule has 25 heavy (non-hydrogen) atoms. The van der Waals surface area contributed by atoms with Crippen molar-refractivity contribution >= 4 is 14.4 Å². The van der Waals surface area contributed by atoms with Gasteiger partial charge in [0.05, 0.1) is 12.2 Å². The van der Waals surface area contributed by atoms with E-state index in [-0.39, 0.29) is 20.1 Å². The molecule has 2 N–H and O–H groups in total. The summed E-state index contributed by atoms with van der Waals surface area (Å²) in [6.07, 6.45) is 2.43. The first kappa shape index (κ1) is 20.0. The molecule has 138 valence electrons. The standard InChI is InChI=1S/C18H26NO5P/c1-3-4-9-18(22,25-23)16-11-19(2)15(12-24-16)10-13-5-7-14(8-6-13)17(20)21/h5-8,15-16,22H,3-4,9-12H2,1-2H3,(H,20,21)/t15-,16+,18?/m1/s1. The van der Waals surface area contributed by atoms with Gasteiger partial charge in [-0.3, -0.25) is 9.46 Å². The second-order valence-electron chi connectivity index (χ2n) is 6.69. The highest BCUT2D eigenvalue weighted by Gasteiger charge is 2.42. The average molecular weight is 367 g/mol. The van der Waals surface area contributed by atoms with Crippen molar-refractivity contribution < 1.29 is 24.3 Å². The zero-order valence-corrected chi connectivity index (χ0v) is 15.6. The minimum Gasteiger partial charge on any atom is -0.478 e. The Labute approximate surface area is 150 Å². The molecule has 6 nitrogen and oxygen atoms in total. The number of nitrogens with zero attached hydrogens (tertiary/aromatic N) is 1. The van der Waals surface area contributed by atoms with Crippen molar-refractivity contribution in [2.45, 2.75) is 50.1 Å². The molecular formula is C18H26NO5P. The number of rotatable bonds is 8. The number of hydrogen-bond donors (Lipinski definition) is 2. The Kier molecular flexibility index (Phi) is 7.08. The molecule has 0 saturated carbocycles. The van der Waals surface area contributed by atoms with Crippen molar-refractivity contribution in [3.63, 3.8) is 0 Å². The van der Waals surface area contributed by atoms with Crippen molar-refractivity contribution in [2.75, 3.05) is 20.2 Å². The number of likely N-dealkylation sites (N-methyl/N-ethyl adjacent to an activating group) is 1. The van der Waals surface area contributed by atoms with Crippen molar-refractivity contribution in [3.8, 4) is 0 Å². The van der Waals surface area contributed by atoms with Crippen LogP contribution in [0.25, 0.3) is 0 Å². The summed E-state index contributed by atoms with van der Waals surface area (Å²) in [5.74, 6) is -0.935. The molecule has 1 aliphatic heterocycles. The first-order valence-electron chi connectivity index (χ1n) is 8.60. The molecular weight excluding hydrogens is 341 g/mol. The van der Waals surface area contributed by atoms with Gasteiger partial charge in [-0.25, -0.2) is 4.79 Å². The lowest BCUT2D eigenvalue weighted by Gasteiger charge is -2.42. The molecule has 1 heterocycles. The first-order chi connectivity index (χ1) is 11.9. The van der Waals surface area contributed by atoms with Crippen LogP contribution in [0, 0.1) is 0 Å². The summed E-state index contributed by atoms with van der Waals surface area (Å²) in [5, 5.41) is 18.2. The first-order valence-corrected chi connectivity index (χ1v) is 9.41. The lowest BCUT2D eigenvalue weighted by molar-refractivity contribution is -0.122. The van der Waals surface area contributed by atoms with Crippen LogP contribution in [-0.4, -0.2) is 58.8 Å². The third kappa shape index (κ3) is 5.08. The molecule has 0 aromatic heterocycles. The highest BCUT2D eigenvalue weighted by molar-refractivity contribution is 7.25. The molecule has 0 radical (unpaired) electrons. The van der Waals surface area contributed by atoms with Gasteiger partial charge in [-0.05, 0) is 44.0 Å². The molecule has 1 saturated heterocycles. The van der Waals surface area contributed by atoms with E-state index in [4.69, 9.17) is 9.84 Å². The zero-order chi connectivity index (χ0) is 18.4. The largest absolute Gasteiger partial charge is 0.478 e. The Morgan fingerprint density at radius 3 is 2.60 bits per heavy atom. The van der Waals surface area contributed by atoms with Gasteiger partial charge in [0.15, 0.2) is 13.8 Å². The fraction of sp³-hybridized carbons (Fsp3) is 0.611. The van der Waals surface area contributed by atoms with Gasteiger partial charge in [0.2, 0.25) is 0 Å². The fourth-order valence-corrected chi connectivity index (χ4v) is 3.59. The predicted octanol–water partition coefficient (Wildman–Crippen LogP) is 2.80. The highest BCUT2D eigenvalue weighted by atomic mass is 31.1. The van der Waals surface area contributed by atoms with Crippen LogP contribution in [0.3, 0.4) is 0 Å². The summed E-state index contributed by atoms with van der Waals surface area (Å²) in [6.45, 7) is 2.97. The van der Waals surface area contributed by atoms with Crippen molar-refractivity contribution in [1.29, 1.82) is 0 Å². The average Bonchev–Trinajstić information content (AvgIpc) is 2.61. The van der Waals surface area contributed by atoms with E-state index in [1.165, 1.54) is 0 Å². The number of aromatic carboxylic acids is 1. The Balaban J connectivity index is 1.96. The van der Waals surface area contributed by atoms with Crippen LogP contribution in [0.4, 0.5) is 0 Å². The lowest BCUT2D eigenvalue weighted by atomic mass is 9.99. The van der Waals surface area contributed by atoms with Crippen molar-refractivity contribution in [2.24, 2.45) is 0 Å². The molecule has 2 rings (SSSR count). The van der Waals surface area contributed by atoms with Gasteiger partial charge in [0.1, 0.15) is 6.10 Å². The minimum atomic E-state index is -1.33. The predicted molar refractivity (Wildman–Crippen MR) is 95.3 cm³/mol. The Bertz CT molecular complexity index is 594. The molecule has 0 aliphatic carbocycles. The minimum absolute atomic E-state index is 0.130. The maximum absolute atomic E-state index is 11.5. The van der Waals surface area contributed by atoms with Gasteiger partial charge in [0, 0.05) is 12.6 Å². The molecule has 0 spiro atoms. The van der Waals surface area contributed by atoms with E-state index in [1.807, 2.05) is 26.1 Å². The van der Waals surface area contributed by atoms with Gasteiger partial charge < -0.3 is 14.9 Å². The van der Waals surface area contributed by atoms with E-state index >= 15 is 0 Å². The molecule has 0 bridgehead atoms. The van der Waals surface area contributed by atoms with Gasteiger partial charge in [-0.15, -0.1) is 0 Å². The topological polar surface area (TPSA) is 87.1 Å². The van der Waals surface area contributed by atoms with Gasteiger partial charge in [-0.1, -0.05) is 25.5 Å². The smallest absolute Gasteiger partial charge is 0.335 e. The molecule has 0 amide bonds. The number of unbranched alkanes of at least 4 members (excludes halogenated alkanes) is 1. The van der Waals surface area contributed by atoms with Crippen molar-refractivity contribution in [3.05, 3.63) is 35.4 Å². The van der Waals surface area contributed by atoms with Crippen LogP contribution >= 0.6 is 8.46 Å². The van der Waals surface area contributed by atoms with Crippen LogP contribution in [-0.2, 0) is 15.7 Å². The van der Waals surface area contributed by atoms with E-state index in [0.717, 1.165) is 24.8 Å². The summed E-state index contributed by atoms with van der Waals surface area (Å²) in [5.41, 5.74) is 1.31. The number of hydrogen-bond acceptors (Lipinski definition) is 5. The molecule has 1 fully saturated rings. The van der Waals surface area contributed by atoms with E-state index in [1.54, 1.807) is 12.1 Å². The number of benzene rings is 1. The summed E-state index contributed by atoms with van der Waals surface area (Å²) in [7, 11) is 1.68. The third-order valence-electron chi connectivity index (χ3n) is 4.81. The Morgan fingerprint density at radius 1 is 1.40 bits per heavy atom. The molecule has 1 aliphatic rings. The zero-order valence-electron chi connectivity index (χ0n) is 14.7. The van der Waals surface area contributed by atoms with Gasteiger partial charge in [0.25, 0.3) is 0 Å². The molecule has 1 aromatic rings. The normalized spacial score (nSPS) is 24.1. The fourth-order valence-electron chi connectivity index (χ4n) is 3.07. The van der Waals surface area contributed by atoms with E-state index in [9.17, 15) is 14.5 Å². The van der Waals surface area contributed by atoms with E-state index < -0.39 is 17.4 Å². The highest BCUT2D eigenvalue weighted by Crippen LogP contribution is 2.34. The van der Waals surface area contributed by atoms with Crippen LogP contribution in [0.1, 0.15) is 42.1 Å². The maximum atomic E-state index is 11.5. The number of carboxylic acids is 1. The van der Waals surface area contributed by atoms with E-state index in [2.05, 4.69) is 4.90 Å². The summed E-state index contributed by atoms with van der Waals surface area (Å²) < 4.78 is 17.4. The third-order valence-corrected chi connectivity index (χ3v) is 5.64. The SMILES string of the molecule is CCCCC(O)(P=O)[C@@H]1CN(C)[C@H](Cc2ccc(C(=O)O)cc2)CO1. The lowest BCUT2D eigenvalue weighted by Crippen LogP contribution is -2.55. The summed E-state index contributed by atoms with van der Waals surface area (Å²) >= 11 is 0. The molecule has 1 unspecified atom stereocenters. The number of aliphatic hydroxyl groups is 1. The second-order valence-corrected chi connectivity index (χ2v) is 7.65. The van der Waals surface area contributed by atoms with E-state index in [0.29, 0.717) is 19.6 Å². The second kappa shape index (κ2) is 8.86. The van der Waals surface area contributed by atoms with Gasteiger partial charge in [-0.2, -0.15) is 0 Å². The summed E-state index contributed by atoms with van der Waals surface area (Å²) in [4.78, 5) is 13.0. The van der Waals surface area contributed by atoms with Crippen LogP contribution in [0.15, 0.2) is 24.3 Å². The number of carboxylic acid groups (broad SMARTS) is 1. The molecule has 7 heteroatoms. The van der Waals surface area contributed by atoms with Gasteiger partial charge >= 0.3 is 5.97 Å². The quantitative estimate of drug-likeness (QED) is 0.687. The maximum Gasteiger partial charge on any atom is 0.335 e. The molecule has 1 aromatic carbocycles. The monoisotopic (exact) mass is 367 g/mol. The van der Waals surface area contributed by atoms with Crippen LogP contribution in [0.2, 0.25) is 0 Å². The van der Waals surface area contributed by atoms with Crippen LogP contribution in [0.5, 0.6) is 0 Å². The molecule has 3 atom stereocenters. The Hall–Kier alpha value is -1.33. The summed E-state index contributed by atoms with van der Waals surface area (Å²) in [6, 6.07) is 6.97. The number of carbonyl (C=O) groups is 1. The Morgan fingerprint density at radius 2 is 2.08 bits per heavy atom. The number of ether oxygens (including phenoxy) is 1. The van der Waals surface area contributed by atoms with Crippen molar-refractivity contribution in [1.82, 2.24) is 4.90 Å². The van der Waals surface area contributed by atoms with Crippen LogP contribution < -0.4 is 0 Å². The number of morpholine rings is 1.